The summed E-state index contributed by atoms with van der Waals surface area (Å²) in [6.45, 7) is 1.04. The van der Waals surface area contributed by atoms with E-state index >= 15 is 0 Å². The monoisotopic (exact) mass is 413 g/mol. The van der Waals surface area contributed by atoms with Crippen LogP contribution in [-0.2, 0) is 11.2 Å². The third kappa shape index (κ3) is 4.22. The van der Waals surface area contributed by atoms with Gasteiger partial charge in [-0.05, 0) is 40.9 Å². The molecule has 0 aromatic carbocycles. The molecular weight excluding hydrogens is 398 g/mol. The fraction of sp³-hybridized carbons (Fsp3) is 0.400. The number of halogens is 1. The predicted octanol–water partition coefficient (Wildman–Crippen LogP) is 2.28. The molecule has 9 heteroatoms. The Morgan fingerprint density at radius 3 is 3.04 bits per heavy atom. The van der Waals surface area contributed by atoms with Gasteiger partial charge in [-0.1, -0.05) is 0 Å². The SMILES string of the molecule is O=C(Nc1nc(CC(=O)N2CCCC(O)C2)cs1)c1ccc(Br)o1. The first-order chi connectivity index (χ1) is 11.5. The molecule has 3 rings (SSSR count). The number of furan rings is 1. The highest BCUT2D eigenvalue weighted by atomic mass is 79.9. The Labute approximate surface area is 150 Å². The fourth-order valence-electron chi connectivity index (χ4n) is 2.49. The van der Waals surface area contributed by atoms with E-state index in [0.717, 1.165) is 12.8 Å². The van der Waals surface area contributed by atoms with Crippen molar-refractivity contribution in [2.45, 2.75) is 25.4 Å². The summed E-state index contributed by atoms with van der Waals surface area (Å²) >= 11 is 4.39. The number of carbonyl (C=O) groups excluding carboxylic acids is 2. The number of amides is 2. The lowest BCUT2D eigenvalue weighted by molar-refractivity contribution is -0.133. The minimum Gasteiger partial charge on any atom is -0.444 e. The molecule has 1 saturated heterocycles. The first-order valence-corrected chi connectivity index (χ1v) is 9.15. The van der Waals surface area contributed by atoms with Gasteiger partial charge in [0.05, 0.1) is 18.2 Å². The Balaban J connectivity index is 1.57. The van der Waals surface area contributed by atoms with Crippen molar-refractivity contribution in [3.05, 3.63) is 33.6 Å². The van der Waals surface area contributed by atoms with Crippen molar-refractivity contribution in [1.82, 2.24) is 9.88 Å². The molecule has 0 aliphatic carbocycles. The van der Waals surface area contributed by atoms with Gasteiger partial charge in [-0.15, -0.1) is 11.3 Å². The number of nitrogens with one attached hydrogen (secondary N) is 1. The van der Waals surface area contributed by atoms with Gasteiger partial charge in [0.2, 0.25) is 5.91 Å². The van der Waals surface area contributed by atoms with E-state index < -0.39 is 12.0 Å². The molecule has 1 fully saturated rings. The van der Waals surface area contributed by atoms with Gasteiger partial charge in [-0.2, -0.15) is 0 Å². The summed E-state index contributed by atoms with van der Waals surface area (Å²) in [5.41, 5.74) is 0.598. The molecule has 128 valence electrons. The number of carbonyl (C=O) groups is 2. The predicted molar refractivity (Wildman–Crippen MR) is 92.0 cm³/mol. The highest BCUT2D eigenvalue weighted by molar-refractivity contribution is 9.10. The van der Waals surface area contributed by atoms with Crippen LogP contribution in [0.25, 0.3) is 0 Å². The fourth-order valence-corrected chi connectivity index (χ4v) is 3.50. The van der Waals surface area contributed by atoms with Crippen LogP contribution in [0, 0.1) is 0 Å². The topological polar surface area (TPSA) is 95.7 Å². The summed E-state index contributed by atoms with van der Waals surface area (Å²) in [7, 11) is 0. The summed E-state index contributed by atoms with van der Waals surface area (Å²) in [6, 6.07) is 3.19. The van der Waals surface area contributed by atoms with Crippen LogP contribution in [0.5, 0.6) is 0 Å². The van der Waals surface area contributed by atoms with E-state index in [2.05, 4.69) is 26.2 Å². The number of anilines is 1. The Morgan fingerprint density at radius 1 is 1.50 bits per heavy atom. The van der Waals surface area contributed by atoms with Crippen molar-refractivity contribution in [3.8, 4) is 0 Å². The number of nitrogens with zero attached hydrogens (tertiary/aromatic N) is 2. The molecule has 0 spiro atoms. The first-order valence-electron chi connectivity index (χ1n) is 7.48. The van der Waals surface area contributed by atoms with Crippen molar-refractivity contribution < 1.29 is 19.1 Å². The third-order valence-electron chi connectivity index (χ3n) is 3.65. The second kappa shape index (κ2) is 7.45. The first kappa shape index (κ1) is 17.1. The number of aromatic nitrogens is 1. The van der Waals surface area contributed by atoms with Gasteiger partial charge in [0, 0.05) is 18.5 Å². The molecule has 2 aromatic rings. The number of aliphatic hydroxyl groups excluding tert-OH is 1. The van der Waals surface area contributed by atoms with Crippen molar-refractivity contribution in [2.75, 3.05) is 18.4 Å². The number of hydrogen-bond donors (Lipinski definition) is 2. The molecule has 1 aliphatic rings. The molecule has 1 atom stereocenters. The molecule has 0 saturated carbocycles. The number of hydrogen-bond acceptors (Lipinski definition) is 6. The molecule has 24 heavy (non-hydrogen) atoms. The lowest BCUT2D eigenvalue weighted by atomic mass is 10.1. The zero-order valence-corrected chi connectivity index (χ0v) is 15.1. The van der Waals surface area contributed by atoms with E-state index in [9.17, 15) is 14.7 Å². The standard InChI is InChI=1S/C15H16BrN3O4S/c16-12-4-3-11(23-12)14(22)18-15-17-9(8-24-15)6-13(21)19-5-1-2-10(20)7-19/h3-4,8,10,20H,1-2,5-7H2,(H,17,18,22). The van der Waals surface area contributed by atoms with Crippen LogP contribution >= 0.6 is 27.3 Å². The van der Waals surface area contributed by atoms with Gasteiger partial charge in [0.1, 0.15) is 0 Å². The van der Waals surface area contributed by atoms with Crippen LogP contribution in [-0.4, -0.2) is 46.0 Å². The summed E-state index contributed by atoms with van der Waals surface area (Å²) in [4.78, 5) is 30.1. The molecular formula is C15H16BrN3O4S. The van der Waals surface area contributed by atoms with E-state index in [1.54, 1.807) is 22.4 Å². The summed E-state index contributed by atoms with van der Waals surface area (Å²) in [6.07, 6.45) is 1.26. The Hall–Kier alpha value is -1.71. The normalized spacial score (nSPS) is 17.8. The van der Waals surface area contributed by atoms with E-state index in [1.165, 1.54) is 11.3 Å². The molecule has 2 N–H and O–H groups in total. The maximum Gasteiger partial charge on any atom is 0.293 e. The number of β-amino-alcohol motifs (C(OH)–C–C–N with tert-alkyl or cyclic N) is 1. The van der Waals surface area contributed by atoms with Gasteiger partial charge in [-0.3, -0.25) is 14.9 Å². The molecule has 2 aromatic heterocycles. The van der Waals surface area contributed by atoms with E-state index in [0.29, 0.717) is 28.6 Å². The van der Waals surface area contributed by atoms with Gasteiger partial charge in [-0.25, -0.2) is 4.98 Å². The average Bonchev–Trinajstić information content (AvgIpc) is 3.16. The van der Waals surface area contributed by atoms with Gasteiger partial charge < -0.3 is 14.4 Å². The zero-order chi connectivity index (χ0) is 17.1. The van der Waals surface area contributed by atoms with Crippen LogP contribution in [0.3, 0.4) is 0 Å². The van der Waals surface area contributed by atoms with Crippen molar-refractivity contribution >= 4 is 44.2 Å². The Morgan fingerprint density at radius 2 is 2.33 bits per heavy atom. The van der Waals surface area contributed by atoms with Crippen molar-refractivity contribution in [2.24, 2.45) is 0 Å². The molecule has 3 heterocycles. The highest BCUT2D eigenvalue weighted by Gasteiger charge is 2.23. The molecule has 7 nitrogen and oxygen atoms in total. The van der Waals surface area contributed by atoms with Crippen molar-refractivity contribution in [3.63, 3.8) is 0 Å². The zero-order valence-electron chi connectivity index (χ0n) is 12.7. The molecule has 1 aliphatic heterocycles. The molecule has 2 amide bonds. The van der Waals surface area contributed by atoms with E-state index in [4.69, 9.17) is 4.42 Å². The van der Waals surface area contributed by atoms with Crippen LogP contribution in [0.2, 0.25) is 0 Å². The van der Waals surface area contributed by atoms with Crippen molar-refractivity contribution in [1.29, 1.82) is 0 Å². The summed E-state index contributed by atoms with van der Waals surface area (Å²) < 4.78 is 5.65. The lowest BCUT2D eigenvalue weighted by Gasteiger charge is -2.29. The summed E-state index contributed by atoms with van der Waals surface area (Å²) in [5, 5.41) is 14.4. The number of likely N-dealkylation sites (tertiary alicyclic amines) is 1. The Kier molecular flexibility index (Phi) is 5.32. The second-order valence-electron chi connectivity index (χ2n) is 5.51. The largest absolute Gasteiger partial charge is 0.444 e. The molecule has 0 bridgehead atoms. The van der Waals surface area contributed by atoms with Crippen LogP contribution in [0.1, 0.15) is 29.1 Å². The number of thiazole rings is 1. The van der Waals surface area contributed by atoms with Gasteiger partial charge in [0.15, 0.2) is 15.6 Å². The van der Waals surface area contributed by atoms with E-state index in [-0.39, 0.29) is 18.1 Å². The van der Waals surface area contributed by atoms with Gasteiger partial charge in [0.25, 0.3) is 5.91 Å². The Bertz CT molecular complexity index is 745. The maximum absolute atomic E-state index is 12.2. The van der Waals surface area contributed by atoms with Gasteiger partial charge >= 0.3 is 0 Å². The number of rotatable bonds is 4. The van der Waals surface area contributed by atoms with Crippen LogP contribution in [0.4, 0.5) is 5.13 Å². The van der Waals surface area contributed by atoms with Crippen LogP contribution in [0.15, 0.2) is 26.6 Å². The van der Waals surface area contributed by atoms with E-state index in [1.807, 2.05) is 0 Å². The molecule has 1 unspecified atom stereocenters. The highest BCUT2D eigenvalue weighted by Crippen LogP contribution is 2.20. The second-order valence-corrected chi connectivity index (χ2v) is 7.15. The molecule has 0 radical (unpaired) electrons. The van der Waals surface area contributed by atoms with Crippen LogP contribution < -0.4 is 5.32 Å². The maximum atomic E-state index is 12.2. The minimum absolute atomic E-state index is 0.0631. The lowest BCUT2D eigenvalue weighted by Crippen LogP contribution is -2.42. The summed E-state index contributed by atoms with van der Waals surface area (Å²) in [5.74, 6) is -0.282. The number of piperidine rings is 1. The quantitative estimate of drug-likeness (QED) is 0.801. The average molecular weight is 414 g/mol. The number of aliphatic hydroxyl groups is 1. The smallest absolute Gasteiger partial charge is 0.293 e. The minimum atomic E-state index is -0.444. The third-order valence-corrected chi connectivity index (χ3v) is 4.88.